The van der Waals surface area contributed by atoms with E-state index in [1.807, 2.05) is 0 Å². The molecule has 0 spiro atoms. The van der Waals surface area contributed by atoms with E-state index in [-0.39, 0.29) is 12.1 Å². The van der Waals surface area contributed by atoms with Crippen molar-refractivity contribution in [3.05, 3.63) is 51.8 Å². The van der Waals surface area contributed by atoms with E-state index < -0.39 is 22.3 Å². The molecule has 8 nitrogen and oxygen atoms in total. The molecule has 0 radical (unpaired) electrons. The van der Waals surface area contributed by atoms with Gasteiger partial charge in [0, 0.05) is 26.1 Å². The van der Waals surface area contributed by atoms with E-state index in [9.17, 15) is 19.3 Å². The van der Waals surface area contributed by atoms with Gasteiger partial charge in [0.15, 0.2) is 0 Å². The Morgan fingerprint density at radius 2 is 2.29 bits per heavy atom. The third-order valence-corrected chi connectivity index (χ3v) is 2.84. The number of hydrogen-bond donors (Lipinski definition) is 1. The number of nitro groups is 1. The zero-order valence-electron chi connectivity index (χ0n) is 11.1. The zero-order chi connectivity index (χ0) is 15.4. The van der Waals surface area contributed by atoms with E-state index in [1.165, 1.54) is 6.33 Å². The van der Waals surface area contributed by atoms with Crippen LogP contribution < -0.4 is 5.32 Å². The topological polar surface area (TPSA) is 103 Å². The van der Waals surface area contributed by atoms with Crippen LogP contribution in [0.15, 0.2) is 24.5 Å². The summed E-state index contributed by atoms with van der Waals surface area (Å²) in [7, 11) is 1.76. The first-order valence-electron chi connectivity index (χ1n) is 6.04. The van der Waals surface area contributed by atoms with Crippen molar-refractivity contribution >= 4 is 11.6 Å². The Hall–Kier alpha value is -2.84. The van der Waals surface area contributed by atoms with Crippen molar-refractivity contribution in [3.8, 4) is 0 Å². The molecule has 0 fully saturated rings. The van der Waals surface area contributed by atoms with Crippen LogP contribution in [0.5, 0.6) is 0 Å². The monoisotopic (exact) mass is 293 g/mol. The molecule has 0 unspecified atom stereocenters. The van der Waals surface area contributed by atoms with Crippen LogP contribution in [0.1, 0.15) is 16.2 Å². The number of aromatic nitrogens is 3. The molecule has 1 N–H and O–H groups in total. The van der Waals surface area contributed by atoms with Gasteiger partial charge in [0.1, 0.15) is 23.5 Å². The Morgan fingerprint density at radius 1 is 1.52 bits per heavy atom. The molecule has 0 aliphatic heterocycles. The normalized spacial score (nSPS) is 10.4. The van der Waals surface area contributed by atoms with Crippen molar-refractivity contribution in [3.63, 3.8) is 0 Å². The number of carbonyl (C=O) groups is 1. The summed E-state index contributed by atoms with van der Waals surface area (Å²) in [5, 5.41) is 20.8. The Bertz CT molecular complexity index is 685. The van der Waals surface area contributed by atoms with Crippen LogP contribution in [0.3, 0.4) is 0 Å². The zero-order valence-corrected chi connectivity index (χ0v) is 11.1. The minimum absolute atomic E-state index is 0.207. The summed E-state index contributed by atoms with van der Waals surface area (Å²) >= 11 is 0. The van der Waals surface area contributed by atoms with Crippen molar-refractivity contribution in [2.45, 2.75) is 6.42 Å². The minimum Gasteiger partial charge on any atom is -0.351 e. The van der Waals surface area contributed by atoms with Gasteiger partial charge in [0.05, 0.1) is 4.92 Å². The van der Waals surface area contributed by atoms with Crippen molar-refractivity contribution < 1.29 is 14.1 Å². The third kappa shape index (κ3) is 3.38. The van der Waals surface area contributed by atoms with Gasteiger partial charge >= 0.3 is 0 Å². The summed E-state index contributed by atoms with van der Waals surface area (Å²) in [6.45, 7) is 0.207. The van der Waals surface area contributed by atoms with E-state index in [1.54, 1.807) is 11.6 Å². The van der Waals surface area contributed by atoms with Gasteiger partial charge in [-0.25, -0.2) is 4.39 Å². The lowest BCUT2D eigenvalue weighted by Gasteiger charge is -2.05. The molecule has 1 aromatic heterocycles. The second-order valence-corrected chi connectivity index (χ2v) is 4.28. The highest BCUT2D eigenvalue weighted by molar-refractivity contribution is 5.98. The van der Waals surface area contributed by atoms with Crippen LogP contribution in [-0.2, 0) is 13.5 Å². The second kappa shape index (κ2) is 6.07. The fraction of sp³-hybridized carbons (Fsp3) is 0.250. The first-order valence-corrected chi connectivity index (χ1v) is 6.04. The molecule has 2 aromatic rings. The smallest absolute Gasteiger partial charge is 0.282 e. The summed E-state index contributed by atoms with van der Waals surface area (Å²) < 4.78 is 14.8. The predicted octanol–water partition coefficient (Wildman–Crippen LogP) is 0.835. The summed E-state index contributed by atoms with van der Waals surface area (Å²) in [6.07, 6.45) is 1.93. The van der Waals surface area contributed by atoms with E-state index in [0.717, 1.165) is 18.2 Å². The van der Waals surface area contributed by atoms with Crippen molar-refractivity contribution in [2.24, 2.45) is 7.05 Å². The standard InChI is InChI=1S/C12H12FN5O3/c1-17-7-15-16-11(17)4-5-14-12(19)9-6-8(13)2-3-10(9)18(20)21/h2-3,6-7H,4-5H2,1H3,(H,14,19). The quantitative estimate of drug-likeness (QED) is 0.649. The first-order chi connectivity index (χ1) is 9.99. The van der Waals surface area contributed by atoms with Gasteiger partial charge in [-0.1, -0.05) is 0 Å². The molecule has 1 amide bonds. The van der Waals surface area contributed by atoms with Gasteiger partial charge in [-0.05, 0) is 12.1 Å². The summed E-state index contributed by atoms with van der Waals surface area (Å²) in [6, 6.07) is 2.75. The fourth-order valence-electron chi connectivity index (χ4n) is 1.77. The van der Waals surface area contributed by atoms with Gasteiger partial charge in [0.2, 0.25) is 0 Å². The van der Waals surface area contributed by atoms with E-state index in [0.29, 0.717) is 12.2 Å². The summed E-state index contributed by atoms with van der Waals surface area (Å²) in [4.78, 5) is 22.0. The maximum absolute atomic E-state index is 13.1. The fourth-order valence-corrected chi connectivity index (χ4v) is 1.77. The molecule has 0 saturated carbocycles. The van der Waals surface area contributed by atoms with Crippen LogP contribution in [-0.4, -0.2) is 32.1 Å². The largest absolute Gasteiger partial charge is 0.351 e. The maximum Gasteiger partial charge on any atom is 0.282 e. The molecule has 0 aliphatic rings. The van der Waals surface area contributed by atoms with Gasteiger partial charge in [-0.15, -0.1) is 10.2 Å². The van der Waals surface area contributed by atoms with Crippen molar-refractivity contribution in [1.82, 2.24) is 20.1 Å². The third-order valence-electron chi connectivity index (χ3n) is 2.84. The van der Waals surface area contributed by atoms with Gasteiger partial charge in [-0.2, -0.15) is 0 Å². The Labute approximate surface area is 118 Å². The highest BCUT2D eigenvalue weighted by Crippen LogP contribution is 2.19. The molecule has 0 aliphatic carbocycles. The predicted molar refractivity (Wildman–Crippen MR) is 70.1 cm³/mol. The average Bonchev–Trinajstić information content (AvgIpc) is 2.84. The van der Waals surface area contributed by atoms with Crippen LogP contribution >= 0.6 is 0 Å². The number of nitro benzene ring substituents is 1. The molecule has 0 bridgehead atoms. The van der Waals surface area contributed by atoms with Crippen LogP contribution in [0.2, 0.25) is 0 Å². The van der Waals surface area contributed by atoms with Gasteiger partial charge in [0.25, 0.3) is 11.6 Å². The number of amides is 1. The lowest BCUT2D eigenvalue weighted by atomic mass is 10.1. The number of halogens is 1. The van der Waals surface area contributed by atoms with Gasteiger partial charge < -0.3 is 9.88 Å². The Kier molecular flexibility index (Phi) is 4.21. The minimum atomic E-state index is -0.725. The number of aryl methyl sites for hydroxylation is 1. The lowest BCUT2D eigenvalue weighted by molar-refractivity contribution is -0.385. The molecule has 1 aromatic carbocycles. The molecular formula is C12H12FN5O3. The summed E-state index contributed by atoms with van der Waals surface area (Å²) in [5.74, 6) is -0.758. The number of nitrogens with zero attached hydrogens (tertiary/aromatic N) is 4. The molecule has 110 valence electrons. The number of benzene rings is 1. The molecule has 9 heteroatoms. The highest BCUT2D eigenvalue weighted by Gasteiger charge is 2.20. The molecule has 21 heavy (non-hydrogen) atoms. The van der Waals surface area contributed by atoms with E-state index in [2.05, 4.69) is 15.5 Å². The van der Waals surface area contributed by atoms with E-state index >= 15 is 0 Å². The number of rotatable bonds is 5. The van der Waals surface area contributed by atoms with Crippen molar-refractivity contribution in [1.29, 1.82) is 0 Å². The SMILES string of the molecule is Cn1cnnc1CCNC(=O)c1cc(F)ccc1[N+](=O)[O-]. The maximum atomic E-state index is 13.1. The van der Waals surface area contributed by atoms with Crippen LogP contribution in [0, 0.1) is 15.9 Å². The summed E-state index contributed by atoms with van der Waals surface area (Å²) in [5.41, 5.74) is -0.745. The van der Waals surface area contributed by atoms with Crippen molar-refractivity contribution in [2.75, 3.05) is 6.54 Å². The lowest BCUT2D eigenvalue weighted by Crippen LogP contribution is -2.27. The molecule has 0 saturated heterocycles. The molecule has 2 rings (SSSR count). The first kappa shape index (κ1) is 14.6. The number of nitrogens with one attached hydrogen (secondary N) is 1. The highest BCUT2D eigenvalue weighted by atomic mass is 19.1. The number of carbonyl (C=O) groups excluding carboxylic acids is 1. The molecule has 0 atom stereocenters. The number of hydrogen-bond acceptors (Lipinski definition) is 5. The molecule has 1 heterocycles. The van der Waals surface area contributed by atoms with Crippen LogP contribution in [0.4, 0.5) is 10.1 Å². The Balaban J connectivity index is 2.05. The second-order valence-electron chi connectivity index (χ2n) is 4.28. The van der Waals surface area contributed by atoms with Gasteiger partial charge in [-0.3, -0.25) is 14.9 Å². The molecular weight excluding hydrogens is 281 g/mol. The Morgan fingerprint density at radius 3 is 2.90 bits per heavy atom. The van der Waals surface area contributed by atoms with E-state index in [4.69, 9.17) is 0 Å². The van der Waals surface area contributed by atoms with Crippen LogP contribution in [0.25, 0.3) is 0 Å². The average molecular weight is 293 g/mol.